The molecule has 2 aliphatic rings. The Bertz CT molecular complexity index is 640. The molecule has 1 unspecified atom stereocenters. The summed E-state index contributed by atoms with van der Waals surface area (Å²) in [5, 5.41) is 0. The van der Waals surface area contributed by atoms with Gasteiger partial charge in [0.05, 0.1) is 5.92 Å². The number of benzene rings is 1. The molecular formula is C21H31N3O2. The van der Waals surface area contributed by atoms with Gasteiger partial charge in [-0.1, -0.05) is 25.1 Å². The number of hydrogen-bond donors (Lipinski definition) is 0. The van der Waals surface area contributed by atoms with Crippen molar-refractivity contribution in [2.24, 2.45) is 5.92 Å². The van der Waals surface area contributed by atoms with Crippen LogP contribution in [0.2, 0.25) is 0 Å². The summed E-state index contributed by atoms with van der Waals surface area (Å²) in [4.78, 5) is 31.1. The Morgan fingerprint density at radius 1 is 1.12 bits per heavy atom. The van der Waals surface area contributed by atoms with Crippen LogP contribution in [0.5, 0.6) is 0 Å². The average Bonchev–Trinajstić information content (AvgIpc) is 3.21. The molecule has 1 aromatic carbocycles. The van der Waals surface area contributed by atoms with Crippen molar-refractivity contribution in [3.8, 4) is 0 Å². The third-order valence-corrected chi connectivity index (χ3v) is 5.65. The van der Waals surface area contributed by atoms with E-state index in [1.807, 2.05) is 23.8 Å². The Hall–Kier alpha value is -2.04. The lowest BCUT2D eigenvalue weighted by molar-refractivity contribution is -0.140. The van der Waals surface area contributed by atoms with Crippen LogP contribution in [0.15, 0.2) is 24.3 Å². The predicted molar refractivity (Wildman–Crippen MR) is 104 cm³/mol. The van der Waals surface area contributed by atoms with Gasteiger partial charge < -0.3 is 14.7 Å². The Morgan fingerprint density at radius 2 is 1.85 bits per heavy atom. The molecule has 0 spiro atoms. The van der Waals surface area contributed by atoms with Crippen molar-refractivity contribution in [1.29, 1.82) is 0 Å². The van der Waals surface area contributed by atoms with Crippen molar-refractivity contribution in [3.05, 3.63) is 29.8 Å². The number of hydrogen-bond acceptors (Lipinski definition) is 3. The summed E-state index contributed by atoms with van der Waals surface area (Å²) < 4.78 is 0. The van der Waals surface area contributed by atoms with Gasteiger partial charge in [0.2, 0.25) is 11.8 Å². The number of rotatable bonds is 5. The van der Waals surface area contributed by atoms with E-state index < -0.39 is 0 Å². The summed E-state index contributed by atoms with van der Waals surface area (Å²) >= 11 is 0. The van der Waals surface area contributed by atoms with Gasteiger partial charge in [0, 0.05) is 51.9 Å². The first-order valence-corrected chi connectivity index (χ1v) is 9.95. The van der Waals surface area contributed by atoms with Gasteiger partial charge in [-0.15, -0.1) is 0 Å². The fraction of sp³-hybridized carbons (Fsp3) is 0.619. The molecule has 5 nitrogen and oxygen atoms in total. The lowest BCUT2D eigenvalue weighted by Gasteiger charge is -2.34. The second-order valence-electron chi connectivity index (χ2n) is 7.55. The maximum Gasteiger partial charge on any atom is 0.227 e. The molecule has 3 rings (SSSR count). The van der Waals surface area contributed by atoms with Crippen LogP contribution >= 0.6 is 0 Å². The van der Waals surface area contributed by atoms with Crippen molar-refractivity contribution in [3.63, 3.8) is 0 Å². The average molecular weight is 357 g/mol. The van der Waals surface area contributed by atoms with Crippen LogP contribution in [0, 0.1) is 5.92 Å². The topological polar surface area (TPSA) is 43.9 Å². The molecule has 2 fully saturated rings. The van der Waals surface area contributed by atoms with Crippen molar-refractivity contribution in [2.75, 3.05) is 38.1 Å². The second-order valence-corrected chi connectivity index (χ2v) is 7.55. The van der Waals surface area contributed by atoms with Gasteiger partial charge in [0.15, 0.2) is 0 Å². The van der Waals surface area contributed by atoms with E-state index in [-0.39, 0.29) is 17.7 Å². The first kappa shape index (κ1) is 18.7. The molecule has 2 aliphatic heterocycles. The van der Waals surface area contributed by atoms with E-state index in [1.165, 1.54) is 24.1 Å². The van der Waals surface area contributed by atoms with E-state index in [4.69, 9.17) is 0 Å². The zero-order valence-corrected chi connectivity index (χ0v) is 16.1. The van der Waals surface area contributed by atoms with E-state index in [2.05, 4.69) is 29.2 Å². The van der Waals surface area contributed by atoms with Crippen LogP contribution in [0.1, 0.15) is 44.6 Å². The molecule has 1 aromatic rings. The minimum absolute atomic E-state index is 0.0665. The first-order chi connectivity index (χ1) is 12.6. The Balaban J connectivity index is 1.65. The molecule has 2 amide bonds. The number of nitrogens with zero attached hydrogens (tertiary/aromatic N) is 3. The van der Waals surface area contributed by atoms with Gasteiger partial charge in [-0.05, 0) is 37.3 Å². The minimum atomic E-state index is -0.0665. The zero-order valence-electron chi connectivity index (χ0n) is 16.1. The molecule has 0 N–H and O–H groups in total. The van der Waals surface area contributed by atoms with Gasteiger partial charge >= 0.3 is 0 Å². The summed E-state index contributed by atoms with van der Waals surface area (Å²) in [5.74, 6) is 0.252. The quantitative estimate of drug-likeness (QED) is 0.814. The highest BCUT2D eigenvalue weighted by Gasteiger charge is 2.30. The second kappa shape index (κ2) is 8.56. The van der Waals surface area contributed by atoms with Gasteiger partial charge in [-0.3, -0.25) is 9.59 Å². The molecule has 0 radical (unpaired) electrons. The maximum absolute atomic E-state index is 13.0. The van der Waals surface area contributed by atoms with Gasteiger partial charge in [0.1, 0.15) is 0 Å². The molecule has 1 atom stereocenters. The number of carbonyl (C=O) groups is 2. The lowest BCUT2D eigenvalue weighted by Crippen LogP contribution is -2.45. The minimum Gasteiger partial charge on any atom is -0.371 e. The number of anilines is 1. The molecule has 2 saturated heterocycles. The van der Waals surface area contributed by atoms with Crippen LogP contribution in [0.25, 0.3) is 0 Å². The maximum atomic E-state index is 13.0. The van der Waals surface area contributed by atoms with Gasteiger partial charge in [-0.2, -0.15) is 0 Å². The van der Waals surface area contributed by atoms with Crippen LogP contribution in [-0.4, -0.2) is 54.8 Å². The van der Waals surface area contributed by atoms with Crippen LogP contribution in [-0.2, 0) is 16.1 Å². The molecule has 2 heterocycles. The fourth-order valence-corrected chi connectivity index (χ4v) is 4.19. The number of amides is 2. The standard InChI is InChI=1S/C21H31N3O2/c1-3-20(25)24-14-8-10-18(16-24)21(26)22(2)15-17-9-4-5-11-19(17)23-12-6-7-13-23/h4-5,9,11,18H,3,6-8,10,12-16H2,1-2H3. The normalized spacial score (nSPS) is 20.3. The number of piperidine rings is 1. The Labute approximate surface area is 156 Å². The van der Waals surface area contributed by atoms with E-state index in [9.17, 15) is 9.59 Å². The summed E-state index contributed by atoms with van der Waals surface area (Å²) in [6, 6.07) is 8.43. The number of carbonyl (C=O) groups excluding carboxylic acids is 2. The summed E-state index contributed by atoms with van der Waals surface area (Å²) in [5.41, 5.74) is 2.47. The van der Waals surface area contributed by atoms with E-state index in [1.54, 1.807) is 0 Å². The smallest absolute Gasteiger partial charge is 0.227 e. The van der Waals surface area contributed by atoms with Crippen molar-refractivity contribution in [2.45, 2.75) is 45.6 Å². The van der Waals surface area contributed by atoms with Crippen LogP contribution in [0.3, 0.4) is 0 Å². The van der Waals surface area contributed by atoms with Gasteiger partial charge in [0.25, 0.3) is 0 Å². The van der Waals surface area contributed by atoms with Crippen molar-refractivity contribution < 1.29 is 9.59 Å². The molecular weight excluding hydrogens is 326 g/mol. The zero-order chi connectivity index (χ0) is 18.5. The van der Waals surface area contributed by atoms with Crippen molar-refractivity contribution in [1.82, 2.24) is 9.80 Å². The molecule has 26 heavy (non-hydrogen) atoms. The van der Waals surface area contributed by atoms with Crippen molar-refractivity contribution >= 4 is 17.5 Å². The van der Waals surface area contributed by atoms with Crippen LogP contribution in [0.4, 0.5) is 5.69 Å². The molecule has 5 heteroatoms. The fourth-order valence-electron chi connectivity index (χ4n) is 4.19. The largest absolute Gasteiger partial charge is 0.371 e. The lowest BCUT2D eigenvalue weighted by atomic mass is 9.96. The molecule has 142 valence electrons. The summed E-state index contributed by atoms with van der Waals surface area (Å²) in [7, 11) is 1.89. The third-order valence-electron chi connectivity index (χ3n) is 5.65. The number of para-hydroxylation sites is 1. The van der Waals surface area contributed by atoms with Crippen LogP contribution < -0.4 is 4.90 Å². The summed E-state index contributed by atoms with van der Waals surface area (Å²) in [6.07, 6.45) is 4.80. The monoisotopic (exact) mass is 357 g/mol. The molecule has 0 aromatic heterocycles. The Kier molecular flexibility index (Phi) is 6.17. The third kappa shape index (κ3) is 4.19. The predicted octanol–water partition coefficient (Wildman–Crippen LogP) is 2.89. The highest BCUT2D eigenvalue weighted by molar-refractivity contribution is 5.81. The SMILES string of the molecule is CCC(=O)N1CCCC(C(=O)N(C)Cc2ccccc2N2CCCC2)C1. The molecule has 0 aliphatic carbocycles. The molecule has 0 saturated carbocycles. The first-order valence-electron chi connectivity index (χ1n) is 9.95. The molecule has 0 bridgehead atoms. The van der Waals surface area contributed by atoms with E-state index in [0.717, 1.165) is 32.5 Å². The Morgan fingerprint density at radius 3 is 2.58 bits per heavy atom. The van der Waals surface area contributed by atoms with Gasteiger partial charge in [-0.25, -0.2) is 0 Å². The highest BCUT2D eigenvalue weighted by atomic mass is 16.2. The number of likely N-dealkylation sites (tertiary alicyclic amines) is 1. The van der Waals surface area contributed by atoms with E-state index in [0.29, 0.717) is 19.5 Å². The summed E-state index contributed by atoms with van der Waals surface area (Å²) in [6.45, 7) is 6.08. The highest BCUT2D eigenvalue weighted by Crippen LogP contribution is 2.26. The van der Waals surface area contributed by atoms with E-state index >= 15 is 0 Å².